The van der Waals surface area contributed by atoms with Crippen LogP contribution in [0, 0.1) is 0 Å². The smallest absolute Gasteiger partial charge is 0.252 e. The van der Waals surface area contributed by atoms with Crippen LogP contribution < -0.4 is 9.64 Å². The maximum Gasteiger partial charge on any atom is 0.252 e. The second kappa shape index (κ2) is 5.87. The molecule has 2 rings (SSSR count). The molecule has 0 aliphatic carbocycles. The van der Waals surface area contributed by atoms with Crippen molar-refractivity contribution in [2.45, 2.75) is 19.8 Å². The van der Waals surface area contributed by atoms with Crippen molar-refractivity contribution in [3.05, 3.63) is 23.8 Å². The van der Waals surface area contributed by atoms with Gasteiger partial charge in [-0.15, -0.1) is 0 Å². The molecule has 0 unspecified atom stereocenters. The fourth-order valence-electron chi connectivity index (χ4n) is 2.23. The largest absolute Gasteiger partial charge is 0.497 e. The lowest BCUT2D eigenvalue weighted by Crippen LogP contribution is -2.37. The molecule has 1 aromatic carbocycles. The van der Waals surface area contributed by atoms with E-state index in [4.69, 9.17) is 9.47 Å². The average molecular weight is 249 g/mol. The minimum Gasteiger partial charge on any atom is -0.497 e. The molecule has 0 radical (unpaired) electrons. The Kier molecular flexibility index (Phi) is 4.20. The Morgan fingerprint density at radius 2 is 2.28 bits per heavy atom. The predicted octanol–water partition coefficient (Wildman–Crippen LogP) is 2.01. The van der Waals surface area contributed by atoms with Crippen LogP contribution in [0.1, 0.15) is 18.9 Å². The molecule has 0 spiro atoms. The summed E-state index contributed by atoms with van der Waals surface area (Å²) in [5.74, 6) is 0.871. The van der Waals surface area contributed by atoms with Gasteiger partial charge in [0, 0.05) is 18.8 Å². The summed E-state index contributed by atoms with van der Waals surface area (Å²) >= 11 is 0. The number of fused-ring (bicyclic) bond motifs is 1. The zero-order valence-corrected chi connectivity index (χ0v) is 10.9. The molecule has 1 heterocycles. The fraction of sp³-hybridized carbons (Fsp3) is 0.500. The molecular formula is C14H19NO3. The second-order valence-electron chi connectivity index (χ2n) is 4.28. The van der Waals surface area contributed by atoms with Crippen molar-refractivity contribution in [3.63, 3.8) is 0 Å². The van der Waals surface area contributed by atoms with Gasteiger partial charge in [-0.25, -0.2) is 0 Å². The lowest BCUT2D eigenvalue weighted by Gasteiger charge is -2.29. The van der Waals surface area contributed by atoms with Crippen LogP contribution in [0.4, 0.5) is 5.69 Å². The molecule has 18 heavy (non-hydrogen) atoms. The van der Waals surface area contributed by atoms with Gasteiger partial charge in [-0.3, -0.25) is 4.79 Å². The Morgan fingerprint density at radius 3 is 3.00 bits per heavy atom. The van der Waals surface area contributed by atoms with Crippen LogP contribution >= 0.6 is 0 Å². The van der Waals surface area contributed by atoms with E-state index < -0.39 is 0 Å². The number of nitrogens with zero attached hydrogens (tertiary/aromatic N) is 1. The van der Waals surface area contributed by atoms with E-state index in [2.05, 4.69) is 0 Å². The van der Waals surface area contributed by atoms with Gasteiger partial charge in [0.15, 0.2) is 0 Å². The van der Waals surface area contributed by atoms with E-state index in [1.807, 2.05) is 30.0 Å². The number of hydrogen-bond donors (Lipinski definition) is 0. The summed E-state index contributed by atoms with van der Waals surface area (Å²) in [6.45, 7) is 3.38. The SMILES string of the molecule is CCOCC(=O)N1CCCc2cc(OC)ccc21. The molecule has 0 aromatic heterocycles. The molecule has 4 nitrogen and oxygen atoms in total. The highest BCUT2D eigenvalue weighted by atomic mass is 16.5. The first kappa shape index (κ1) is 12.9. The van der Waals surface area contributed by atoms with Crippen molar-refractivity contribution in [3.8, 4) is 5.75 Å². The summed E-state index contributed by atoms with van der Waals surface area (Å²) in [7, 11) is 1.66. The first-order valence-electron chi connectivity index (χ1n) is 6.31. The van der Waals surface area contributed by atoms with E-state index in [1.165, 1.54) is 5.56 Å². The van der Waals surface area contributed by atoms with E-state index in [9.17, 15) is 4.79 Å². The number of methoxy groups -OCH3 is 1. The Hall–Kier alpha value is -1.55. The zero-order valence-electron chi connectivity index (χ0n) is 10.9. The Bertz CT molecular complexity index is 431. The molecule has 1 aromatic rings. The van der Waals surface area contributed by atoms with Gasteiger partial charge in [0.25, 0.3) is 5.91 Å². The first-order chi connectivity index (χ1) is 8.76. The molecule has 0 N–H and O–H groups in total. The van der Waals surface area contributed by atoms with Crippen molar-refractivity contribution in [2.24, 2.45) is 0 Å². The van der Waals surface area contributed by atoms with E-state index in [-0.39, 0.29) is 12.5 Å². The molecule has 1 amide bonds. The molecule has 0 bridgehead atoms. The topological polar surface area (TPSA) is 38.8 Å². The standard InChI is InChI=1S/C14H19NO3/c1-3-18-10-14(16)15-8-4-5-11-9-12(17-2)6-7-13(11)15/h6-7,9H,3-5,8,10H2,1-2H3. The summed E-state index contributed by atoms with van der Waals surface area (Å²) < 4.78 is 10.4. The maximum absolute atomic E-state index is 12.0. The first-order valence-corrected chi connectivity index (χ1v) is 6.31. The second-order valence-corrected chi connectivity index (χ2v) is 4.28. The third-order valence-corrected chi connectivity index (χ3v) is 3.14. The van der Waals surface area contributed by atoms with Gasteiger partial charge in [-0.2, -0.15) is 0 Å². The van der Waals surface area contributed by atoms with Crippen LogP contribution in [0.3, 0.4) is 0 Å². The minimum atomic E-state index is 0.0305. The molecule has 0 saturated heterocycles. The molecular weight excluding hydrogens is 230 g/mol. The van der Waals surface area contributed by atoms with Gasteiger partial charge in [-0.1, -0.05) is 0 Å². The van der Waals surface area contributed by atoms with E-state index >= 15 is 0 Å². The lowest BCUT2D eigenvalue weighted by atomic mass is 10.0. The van der Waals surface area contributed by atoms with E-state index in [1.54, 1.807) is 7.11 Å². The summed E-state index contributed by atoms with van der Waals surface area (Å²) in [5.41, 5.74) is 2.16. The average Bonchev–Trinajstić information content (AvgIpc) is 2.43. The van der Waals surface area contributed by atoms with Crippen LogP contribution in [-0.4, -0.2) is 32.8 Å². The van der Waals surface area contributed by atoms with Gasteiger partial charge in [0.2, 0.25) is 0 Å². The number of anilines is 1. The Labute approximate surface area is 107 Å². The predicted molar refractivity (Wildman–Crippen MR) is 70.2 cm³/mol. The van der Waals surface area contributed by atoms with Crippen molar-refractivity contribution < 1.29 is 14.3 Å². The normalized spacial score (nSPS) is 14.2. The van der Waals surface area contributed by atoms with E-state index in [0.717, 1.165) is 30.8 Å². The van der Waals surface area contributed by atoms with Crippen LogP contribution in [0.25, 0.3) is 0 Å². The van der Waals surface area contributed by atoms with Crippen molar-refractivity contribution in [1.82, 2.24) is 0 Å². The third-order valence-electron chi connectivity index (χ3n) is 3.14. The van der Waals surface area contributed by atoms with Crippen LogP contribution in [-0.2, 0) is 16.0 Å². The zero-order chi connectivity index (χ0) is 13.0. The summed E-state index contributed by atoms with van der Waals surface area (Å²) in [5, 5.41) is 0. The highest BCUT2D eigenvalue weighted by Crippen LogP contribution is 2.30. The number of benzene rings is 1. The fourth-order valence-corrected chi connectivity index (χ4v) is 2.23. The summed E-state index contributed by atoms with van der Waals surface area (Å²) in [6, 6.07) is 5.86. The van der Waals surface area contributed by atoms with Gasteiger partial charge >= 0.3 is 0 Å². The van der Waals surface area contributed by atoms with Crippen molar-refractivity contribution in [1.29, 1.82) is 0 Å². The Balaban J connectivity index is 2.19. The number of rotatable bonds is 4. The molecule has 1 aliphatic heterocycles. The number of ether oxygens (including phenoxy) is 2. The molecule has 0 fully saturated rings. The number of amides is 1. The van der Waals surface area contributed by atoms with Gasteiger partial charge in [0.05, 0.1) is 7.11 Å². The molecule has 1 aliphatic rings. The molecule has 0 atom stereocenters. The number of hydrogen-bond acceptors (Lipinski definition) is 3. The Morgan fingerprint density at radius 1 is 1.44 bits per heavy atom. The molecule has 0 saturated carbocycles. The van der Waals surface area contributed by atoms with Crippen LogP contribution in [0.2, 0.25) is 0 Å². The highest BCUT2D eigenvalue weighted by Gasteiger charge is 2.22. The monoisotopic (exact) mass is 249 g/mol. The summed E-state index contributed by atoms with van der Waals surface area (Å²) in [6.07, 6.45) is 1.98. The summed E-state index contributed by atoms with van der Waals surface area (Å²) in [4.78, 5) is 13.9. The lowest BCUT2D eigenvalue weighted by molar-refractivity contribution is -0.123. The van der Waals surface area contributed by atoms with Gasteiger partial charge < -0.3 is 14.4 Å². The van der Waals surface area contributed by atoms with E-state index in [0.29, 0.717) is 6.61 Å². The molecule has 4 heteroatoms. The van der Waals surface area contributed by atoms with Crippen molar-refractivity contribution >= 4 is 11.6 Å². The van der Waals surface area contributed by atoms with Gasteiger partial charge in [-0.05, 0) is 43.5 Å². The van der Waals surface area contributed by atoms with Crippen LogP contribution in [0.15, 0.2) is 18.2 Å². The number of carbonyl (C=O) groups excluding carboxylic acids is 1. The van der Waals surface area contributed by atoms with Crippen LogP contribution in [0.5, 0.6) is 5.75 Å². The minimum absolute atomic E-state index is 0.0305. The molecule has 98 valence electrons. The third kappa shape index (κ3) is 2.64. The van der Waals surface area contributed by atoms with Gasteiger partial charge in [0.1, 0.15) is 12.4 Å². The maximum atomic E-state index is 12.0. The quantitative estimate of drug-likeness (QED) is 0.819. The highest BCUT2D eigenvalue weighted by molar-refractivity contribution is 5.95. The number of aryl methyl sites for hydroxylation is 1. The number of carbonyl (C=O) groups is 1. The van der Waals surface area contributed by atoms with Crippen molar-refractivity contribution in [2.75, 3.05) is 31.8 Å².